The molecule has 1 unspecified atom stereocenters. The molecule has 5 nitrogen and oxygen atoms in total. The van der Waals surface area contributed by atoms with Crippen molar-refractivity contribution < 1.29 is 9.21 Å². The summed E-state index contributed by atoms with van der Waals surface area (Å²) in [5, 5.41) is 8.56. The van der Waals surface area contributed by atoms with Crippen LogP contribution in [-0.4, -0.2) is 21.0 Å². The van der Waals surface area contributed by atoms with Gasteiger partial charge in [-0.1, -0.05) is 46.9 Å². The average Bonchev–Trinajstić information content (AvgIpc) is 2.96. The molecular formula is C16H15BrCl3N3O2S. The molecule has 0 saturated carbocycles. The van der Waals surface area contributed by atoms with Gasteiger partial charge in [0.2, 0.25) is 3.79 Å². The minimum absolute atomic E-state index is 0.0614. The SMILES string of the molecule is Cc1ccc(C)c(NC(=S)NC(NC(=O)c2ccc(Br)o2)C(Cl)(Cl)Cl)c1. The number of nitrogens with one attached hydrogen (secondary N) is 3. The molecule has 3 N–H and O–H groups in total. The molecule has 1 heterocycles. The van der Waals surface area contributed by atoms with Gasteiger partial charge in [-0.15, -0.1) is 0 Å². The van der Waals surface area contributed by atoms with Crippen molar-refractivity contribution in [2.24, 2.45) is 0 Å². The zero-order chi connectivity index (χ0) is 19.5. The number of carbonyl (C=O) groups excluding carboxylic acids is 1. The highest BCUT2D eigenvalue weighted by Gasteiger charge is 2.35. The van der Waals surface area contributed by atoms with Gasteiger partial charge < -0.3 is 20.4 Å². The van der Waals surface area contributed by atoms with E-state index >= 15 is 0 Å². The summed E-state index contributed by atoms with van der Waals surface area (Å²) < 4.78 is 3.74. The maximum atomic E-state index is 12.2. The third kappa shape index (κ3) is 6.03. The van der Waals surface area contributed by atoms with Crippen LogP contribution in [0.4, 0.5) is 5.69 Å². The molecule has 1 atom stereocenters. The predicted octanol–water partition coefficient (Wildman–Crippen LogP) is 5.07. The normalized spacial score (nSPS) is 12.4. The van der Waals surface area contributed by atoms with Crippen molar-refractivity contribution in [2.75, 3.05) is 5.32 Å². The van der Waals surface area contributed by atoms with Crippen LogP contribution in [-0.2, 0) is 0 Å². The van der Waals surface area contributed by atoms with Crippen LogP contribution in [0.1, 0.15) is 21.7 Å². The zero-order valence-corrected chi connectivity index (χ0v) is 18.4. The van der Waals surface area contributed by atoms with Crippen molar-refractivity contribution in [2.45, 2.75) is 23.8 Å². The smallest absolute Gasteiger partial charge is 0.288 e. The Bertz CT molecular complexity index is 823. The summed E-state index contributed by atoms with van der Waals surface area (Å²) in [6, 6.07) is 8.96. The molecule has 0 aliphatic carbocycles. The van der Waals surface area contributed by atoms with E-state index in [1.165, 1.54) is 6.07 Å². The standard InChI is InChI=1S/C16H15BrCl3N3O2S/c1-8-3-4-9(2)10(7-8)21-15(26)23-14(16(18,19)20)22-13(24)11-5-6-12(17)25-11/h3-7,14H,1-2H3,(H,22,24)(H2,21,23,26). The van der Waals surface area contributed by atoms with Crippen molar-refractivity contribution in [3.8, 4) is 0 Å². The maximum absolute atomic E-state index is 12.2. The molecule has 0 spiro atoms. The van der Waals surface area contributed by atoms with Crippen LogP contribution < -0.4 is 16.0 Å². The average molecular weight is 500 g/mol. The highest BCUT2D eigenvalue weighted by molar-refractivity contribution is 9.10. The minimum Gasteiger partial charge on any atom is -0.444 e. The molecule has 140 valence electrons. The monoisotopic (exact) mass is 497 g/mol. The number of halogens is 4. The van der Waals surface area contributed by atoms with Gasteiger partial charge in [0.15, 0.2) is 15.5 Å². The molecule has 2 aromatic rings. The van der Waals surface area contributed by atoms with E-state index in [0.29, 0.717) is 4.67 Å². The molecule has 10 heteroatoms. The molecular weight excluding hydrogens is 485 g/mol. The summed E-state index contributed by atoms with van der Waals surface area (Å²) >= 11 is 26.3. The number of benzene rings is 1. The predicted molar refractivity (Wildman–Crippen MR) is 113 cm³/mol. The number of rotatable bonds is 4. The van der Waals surface area contributed by atoms with Gasteiger partial charge in [0.1, 0.15) is 6.17 Å². The zero-order valence-electron chi connectivity index (χ0n) is 13.7. The molecule has 1 aromatic heterocycles. The largest absolute Gasteiger partial charge is 0.444 e. The second-order valence-electron chi connectivity index (χ2n) is 5.47. The molecule has 0 fully saturated rings. The number of thiocarbonyl (C=S) groups is 1. The summed E-state index contributed by atoms with van der Waals surface area (Å²) in [6.07, 6.45) is -1.09. The number of aryl methyl sites for hydroxylation is 2. The van der Waals surface area contributed by atoms with E-state index in [9.17, 15) is 4.79 Å². The number of hydrogen-bond donors (Lipinski definition) is 3. The Balaban J connectivity index is 2.08. The number of alkyl halides is 3. The lowest BCUT2D eigenvalue weighted by Crippen LogP contribution is -2.56. The molecule has 0 aliphatic heterocycles. The fourth-order valence-corrected chi connectivity index (χ4v) is 2.86. The second kappa shape index (κ2) is 8.80. The van der Waals surface area contributed by atoms with E-state index in [1.807, 2.05) is 32.0 Å². The Morgan fingerprint density at radius 2 is 1.88 bits per heavy atom. The molecule has 1 amide bonds. The summed E-state index contributed by atoms with van der Waals surface area (Å²) in [5.74, 6) is -0.500. The number of anilines is 1. The van der Waals surface area contributed by atoms with Crippen molar-refractivity contribution in [3.63, 3.8) is 0 Å². The van der Waals surface area contributed by atoms with Crippen LogP contribution in [0.2, 0.25) is 0 Å². The first-order valence-corrected chi connectivity index (χ1v) is 9.67. The Kier molecular flexibility index (Phi) is 7.21. The van der Waals surface area contributed by atoms with E-state index in [2.05, 4.69) is 31.9 Å². The highest BCUT2D eigenvalue weighted by Crippen LogP contribution is 2.29. The summed E-state index contributed by atoms with van der Waals surface area (Å²) in [4.78, 5) is 12.2. The number of hydrogen-bond acceptors (Lipinski definition) is 3. The maximum Gasteiger partial charge on any atom is 0.288 e. The van der Waals surface area contributed by atoms with Crippen molar-refractivity contribution >= 4 is 79.7 Å². The quantitative estimate of drug-likeness (QED) is 0.311. The Morgan fingerprint density at radius 3 is 2.46 bits per heavy atom. The van der Waals surface area contributed by atoms with E-state index in [0.717, 1.165) is 16.8 Å². The van der Waals surface area contributed by atoms with Crippen LogP contribution >= 0.6 is 63.0 Å². The van der Waals surface area contributed by atoms with Gasteiger partial charge in [-0.05, 0) is 71.3 Å². The third-order valence-corrected chi connectivity index (χ3v) is 4.62. The van der Waals surface area contributed by atoms with Crippen LogP contribution in [0.15, 0.2) is 39.4 Å². The summed E-state index contributed by atoms with van der Waals surface area (Å²) in [7, 11) is 0. The highest BCUT2D eigenvalue weighted by atomic mass is 79.9. The Morgan fingerprint density at radius 1 is 1.19 bits per heavy atom. The van der Waals surface area contributed by atoms with Crippen molar-refractivity contribution in [1.82, 2.24) is 10.6 Å². The van der Waals surface area contributed by atoms with Crippen LogP contribution in [0, 0.1) is 13.8 Å². The Hall–Kier alpha value is -0.990. The minimum atomic E-state index is -1.85. The lowest BCUT2D eigenvalue weighted by Gasteiger charge is -2.27. The van der Waals surface area contributed by atoms with Crippen LogP contribution in [0.3, 0.4) is 0 Å². The second-order valence-corrected chi connectivity index (χ2v) is 9.03. The summed E-state index contributed by atoms with van der Waals surface area (Å²) in [6.45, 7) is 3.90. The lowest BCUT2D eigenvalue weighted by atomic mass is 10.1. The van der Waals surface area contributed by atoms with Gasteiger partial charge in [0.25, 0.3) is 5.91 Å². The first-order chi connectivity index (χ1) is 12.1. The summed E-state index contributed by atoms with van der Waals surface area (Å²) in [5.41, 5.74) is 2.87. The molecule has 2 rings (SSSR count). The van der Waals surface area contributed by atoms with E-state index < -0.39 is 15.9 Å². The van der Waals surface area contributed by atoms with Crippen LogP contribution in [0.5, 0.6) is 0 Å². The van der Waals surface area contributed by atoms with Crippen molar-refractivity contribution in [1.29, 1.82) is 0 Å². The topological polar surface area (TPSA) is 66.3 Å². The number of carbonyl (C=O) groups is 1. The van der Waals surface area contributed by atoms with Crippen LogP contribution in [0.25, 0.3) is 0 Å². The van der Waals surface area contributed by atoms with E-state index in [-0.39, 0.29) is 10.9 Å². The van der Waals surface area contributed by atoms with Gasteiger partial charge in [-0.25, -0.2) is 0 Å². The number of furan rings is 1. The molecule has 26 heavy (non-hydrogen) atoms. The molecule has 0 aliphatic rings. The lowest BCUT2D eigenvalue weighted by molar-refractivity contribution is 0.0905. The molecule has 0 radical (unpaired) electrons. The van der Waals surface area contributed by atoms with Gasteiger partial charge in [-0.2, -0.15) is 0 Å². The van der Waals surface area contributed by atoms with Gasteiger partial charge in [0, 0.05) is 5.69 Å². The van der Waals surface area contributed by atoms with Gasteiger partial charge in [-0.3, -0.25) is 4.79 Å². The molecule has 1 aromatic carbocycles. The van der Waals surface area contributed by atoms with E-state index in [1.54, 1.807) is 6.07 Å². The third-order valence-electron chi connectivity index (χ3n) is 3.32. The van der Waals surface area contributed by atoms with Crippen molar-refractivity contribution in [3.05, 3.63) is 51.9 Å². The van der Waals surface area contributed by atoms with E-state index in [4.69, 9.17) is 51.4 Å². The number of amides is 1. The first-order valence-electron chi connectivity index (χ1n) is 7.34. The Labute approximate surface area is 179 Å². The first kappa shape index (κ1) is 21.3. The molecule has 0 bridgehead atoms. The fourth-order valence-electron chi connectivity index (χ4n) is 2.00. The fraction of sp³-hybridized carbons (Fsp3) is 0.250. The van der Waals surface area contributed by atoms with Gasteiger partial charge in [0.05, 0.1) is 0 Å². The molecule has 0 saturated heterocycles. The van der Waals surface area contributed by atoms with Gasteiger partial charge >= 0.3 is 0 Å².